The summed E-state index contributed by atoms with van der Waals surface area (Å²) in [6, 6.07) is 2.46. The molecule has 0 bridgehead atoms. The summed E-state index contributed by atoms with van der Waals surface area (Å²) < 4.78 is 1.88. The monoisotopic (exact) mass is 442 g/mol. The van der Waals surface area contributed by atoms with Crippen LogP contribution in [0.25, 0.3) is 11.1 Å². The molecule has 0 unspecified atom stereocenters. The highest BCUT2D eigenvalue weighted by Crippen LogP contribution is 2.26. The number of allylic oxidation sites excluding steroid dienone is 6. The zero-order chi connectivity index (χ0) is 22.9. The van der Waals surface area contributed by atoms with Gasteiger partial charge >= 0.3 is 0 Å². The molecule has 170 valence electrons. The summed E-state index contributed by atoms with van der Waals surface area (Å²) in [5.41, 5.74) is 6.46. The average molecular weight is 443 g/mol. The van der Waals surface area contributed by atoms with E-state index in [1.165, 1.54) is 0 Å². The minimum absolute atomic E-state index is 0.0780. The zero-order valence-corrected chi connectivity index (χ0v) is 19.5. The van der Waals surface area contributed by atoms with Crippen molar-refractivity contribution in [3.63, 3.8) is 0 Å². The Morgan fingerprint density at radius 3 is 2.88 bits per heavy atom. The van der Waals surface area contributed by atoms with Crippen molar-refractivity contribution in [1.29, 1.82) is 0 Å². The summed E-state index contributed by atoms with van der Waals surface area (Å²) in [4.78, 5) is 22.1. The summed E-state index contributed by atoms with van der Waals surface area (Å²) in [5, 5.41) is 8.24. The maximum Gasteiger partial charge on any atom is 0.255 e. The molecule has 1 fully saturated rings. The molecule has 0 spiro atoms. The molecule has 5 heterocycles. The van der Waals surface area contributed by atoms with Crippen LogP contribution < -0.4 is 5.32 Å². The highest BCUT2D eigenvalue weighted by atomic mass is 16.2. The molecule has 2 aromatic rings. The molecule has 3 aliphatic rings. The molecule has 1 atom stereocenters. The van der Waals surface area contributed by atoms with Crippen LogP contribution in [-0.4, -0.2) is 56.0 Å². The molecule has 1 N–H and O–H groups in total. The number of nitrogens with zero attached hydrogens (tertiary/aromatic N) is 5. The van der Waals surface area contributed by atoms with Gasteiger partial charge in [0.1, 0.15) is 0 Å². The van der Waals surface area contributed by atoms with Crippen molar-refractivity contribution in [2.45, 2.75) is 39.7 Å². The Labute approximate surface area is 194 Å². The number of aryl methyl sites for hydroxylation is 2. The number of fused-ring (bicyclic) bond motifs is 2. The molecule has 2 aromatic heterocycles. The number of piperazine rings is 1. The van der Waals surface area contributed by atoms with Gasteiger partial charge in [0.15, 0.2) is 0 Å². The van der Waals surface area contributed by atoms with Gasteiger partial charge in [0.05, 0.1) is 34.5 Å². The summed E-state index contributed by atoms with van der Waals surface area (Å²) in [7, 11) is 0. The second-order valence-electron chi connectivity index (χ2n) is 8.89. The van der Waals surface area contributed by atoms with Crippen LogP contribution in [0, 0.1) is 6.92 Å². The first-order valence-corrected chi connectivity index (χ1v) is 11.7. The first-order chi connectivity index (χ1) is 16.0. The Morgan fingerprint density at radius 1 is 1.21 bits per heavy atom. The number of hydrogen-bond donors (Lipinski definition) is 1. The van der Waals surface area contributed by atoms with E-state index in [0.29, 0.717) is 6.04 Å². The van der Waals surface area contributed by atoms with Gasteiger partial charge in [-0.2, -0.15) is 5.10 Å². The average Bonchev–Trinajstić information content (AvgIpc) is 3.21. The molecule has 33 heavy (non-hydrogen) atoms. The predicted molar refractivity (Wildman–Crippen MR) is 130 cm³/mol. The highest BCUT2D eigenvalue weighted by molar-refractivity contribution is 5.99. The van der Waals surface area contributed by atoms with Crippen LogP contribution in [0.15, 0.2) is 66.3 Å². The molecule has 7 heteroatoms. The molecular formula is C26H30N6O. The van der Waals surface area contributed by atoms with Gasteiger partial charge in [0, 0.05) is 49.2 Å². The van der Waals surface area contributed by atoms with Crippen molar-refractivity contribution in [2.24, 2.45) is 0 Å². The topological polar surface area (TPSA) is 65.8 Å². The molecule has 1 saturated heterocycles. The lowest BCUT2D eigenvalue weighted by atomic mass is 10.1. The van der Waals surface area contributed by atoms with Gasteiger partial charge in [-0.05, 0) is 44.6 Å². The molecule has 3 aliphatic heterocycles. The minimum atomic E-state index is -0.0780. The van der Waals surface area contributed by atoms with E-state index in [-0.39, 0.29) is 5.91 Å². The highest BCUT2D eigenvalue weighted by Gasteiger charge is 2.23. The van der Waals surface area contributed by atoms with Gasteiger partial charge in [0.2, 0.25) is 0 Å². The SMILES string of the molecule is CCCc1nc(C)cn2nc(C3=C\C(=O)N4C=C(N5CCN[C@H](C)C5)C=C\C4=C/C=C/3)cc12. The quantitative estimate of drug-likeness (QED) is 0.787. The Morgan fingerprint density at radius 2 is 2.06 bits per heavy atom. The van der Waals surface area contributed by atoms with Crippen LogP contribution in [-0.2, 0) is 11.2 Å². The number of carbonyl (C=O) groups is 1. The number of carbonyl (C=O) groups excluding carboxylic acids is 1. The number of rotatable bonds is 4. The van der Waals surface area contributed by atoms with Gasteiger partial charge in [-0.1, -0.05) is 25.5 Å². The van der Waals surface area contributed by atoms with Crippen LogP contribution in [0.5, 0.6) is 0 Å². The van der Waals surface area contributed by atoms with Crippen molar-refractivity contribution in [3.05, 3.63) is 83.4 Å². The number of hydrogen-bond acceptors (Lipinski definition) is 5. The Balaban J connectivity index is 1.48. The Kier molecular flexibility index (Phi) is 5.72. The molecule has 0 saturated carbocycles. The van der Waals surface area contributed by atoms with Crippen molar-refractivity contribution in [1.82, 2.24) is 29.7 Å². The standard InChI is InChI=1S/C26H30N6O/c1-4-6-23-25-14-24(29-32(25)16-19(3)28-23)20-7-5-8-21-9-10-22(17-31(21)26(33)13-20)30-12-11-27-18(2)15-30/h5,7-10,13-14,16-18,27H,4,6,11-12,15H2,1-3H3/b7-5+,20-13+,21-8+/t18-/m1/s1. The maximum absolute atomic E-state index is 13.3. The van der Waals surface area contributed by atoms with Crippen molar-refractivity contribution >= 4 is 17.0 Å². The lowest BCUT2D eigenvalue weighted by Gasteiger charge is -2.36. The fourth-order valence-electron chi connectivity index (χ4n) is 4.59. The Hall–Kier alpha value is -3.45. The molecular weight excluding hydrogens is 412 g/mol. The minimum Gasteiger partial charge on any atom is -0.368 e. The maximum atomic E-state index is 13.3. The van der Waals surface area contributed by atoms with Gasteiger partial charge in [-0.15, -0.1) is 0 Å². The van der Waals surface area contributed by atoms with Gasteiger partial charge in [0.25, 0.3) is 5.91 Å². The molecule has 5 rings (SSSR count). The van der Waals surface area contributed by atoms with Gasteiger partial charge in [-0.25, -0.2) is 4.52 Å². The predicted octanol–water partition coefficient (Wildman–Crippen LogP) is 3.36. The first kappa shape index (κ1) is 21.4. The van der Waals surface area contributed by atoms with Crippen LogP contribution in [0.2, 0.25) is 0 Å². The molecule has 7 nitrogen and oxygen atoms in total. The van der Waals surface area contributed by atoms with Gasteiger partial charge < -0.3 is 10.2 Å². The van der Waals surface area contributed by atoms with E-state index in [1.807, 2.05) is 54.2 Å². The largest absolute Gasteiger partial charge is 0.368 e. The third-order valence-corrected chi connectivity index (χ3v) is 6.19. The van der Waals surface area contributed by atoms with Crippen LogP contribution in [0.1, 0.15) is 37.4 Å². The molecule has 0 radical (unpaired) electrons. The van der Waals surface area contributed by atoms with Crippen LogP contribution in [0.4, 0.5) is 0 Å². The third-order valence-electron chi connectivity index (χ3n) is 6.19. The fourth-order valence-corrected chi connectivity index (χ4v) is 4.59. The third kappa shape index (κ3) is 4.28. The van der Waals surface area contributed by atoms with E-state index in [4.69, 9.17) is 10.1 Å². The second kappa shape index (κ2) is 8.83. The summed E-state index contributed by atoms with van der Waals surface area (Å²) >= 11 is 0. The summed E-state index contributed by atoms with van der Waals surface area (Å²) in [6.45, 7) is 9.11. The normalized spacial score (nSPS) is 25.0. The number of amides is 1. The smallest absolute Gasteiger partial charge is 0.255 e. The summed E-state index contributed by atoms with van der Waals surface area (Å²) in [5.74, 6) is -0.0780. The molecule has 1 amide bonds. The first-order valence-electron chi connectivity index (χ1n) is 11.7. The van der Waals surface area contributed by atoms with Crippen LogP contribution in [0.3, 0.4) is 0 Å². The molecule has 0 aliphatic carbocycles. The van der Waals surface area contributed by atoms with E-state index >= 15 is 0 Å². The van der Waals surface area contributed by atoms with E-state index < -0.39 is 0 Å². The second-order valence-corrected chi connectivity index (χ2v) is 8.89. The van der Waals surface area contributed by atoms with Crippen molar-refractivity contribution in [2.75, 3.05) is 19.6 Å². The van der Waals surface area contributed by atoms with Crippen molar-refractivity contribution < 1.29 is 4.79 Å². The fraction of sp³-hybridized carbons (Fsp3) is 0.346. The Bertz CT molecular complexity index is 1240. The number of nitrogens with one attached hydrogen (secondary N) is 1. The van der Waals surface area contributed by atoms with E-state index in [1.54, 1.807) is 11.0 Å². The summed E-state index contributed by atoms with van der Waals surface area (Å²) in [6.07, 6.45) is 17.5. The van der Waals surface area contributed by atoms with Crippen molar-refractivity contribution in [3.8, 4) is 0 Å². The van der Waals surface area contributed by atoms with E-state index in [9.17, 15) is 4.79 Å². The van der Waals surface area contributed by atoms with E-state index in [2.05, 4.69) is 30.1 Å². The lowest BCUT2D eigenvalue weighted by molar-refractivity contribution is -0.122. The van der Waals surface area contributed by atoms with Gasteiger partial charge in [-0.3, -0.25) is 14.7 Å². The number of aromatic nitrogens is 3. The lowest BCUT2D eigenvalue weighted by Crippen LogP contribution is -2.48. The van der Waals surface area contributed by atoms with Crippen LogP contribution >= 0.6 is 0 Å². The zero-order valence-electron chi connectivity index (χ0n) is 19.5. The van der Waals surface area contributed by atoms with E-state index in [0.717, 1.165) is 72.0 Å². The molecule has 0 aromatic carbocycles.